The van der Waals surface area contributed by atoms with Gasteiger partial charge in [-0.2, -0.15) is 0 Å². The van der Waals surface area contributed by atoms with Crippen LogP contribution in [-0.4, -0.2) is 35.0 Å². The van der Waals surface area contributed by atoms with Crippen LogP contribution >= 0.6 is 27.3 Å². The number of carboxylic acid groups (broad SMARTS) is 1. The van der Waals surface area contributed by atoms with Gasteiger partial charge in [-0.25, -0.2) is 0 Å². The van der Waals surface area contributed by atoms with E-state index in [9.17, 15) is 9.59 Å². The Bertz CT molecular complexity index is 502. The lowest BCUT2D eigenvalue weighted by Gasteiger charge is -2.35. The van der Waals surface area contributed by atoms with Crippen molar-refractivity contribution in [1.82, 2.24) is 4.90 Å². The summed E-state index contributed by atoms with van der Waals surface area (Å²) >= 11 is 4.81. The van der Waals surface area contributed by atoms with E-state index in [0.29, 0.717) is 6.54 Å². The van der Waals surface area contributed by atoms with Crippen LogP contribution < -0.4 is 0 Å². The van der Waals surface area contributed by atoms with Gasteiger partial charge < -0.3 is 10.0 Å². The zero-order valence-electron chi connectivity index (χ0n) is 11.3. The zero-order chi connectivity index (χ0) is 14.7. The molecule has 4 nitrogen and oxygen atoms in total. The third kappa shape index (κ3) is 3.82. The molecule has 1 aliphatic rings. The van der Waals surface area contributed by atoms with Gasteiger partial charge in [-0.15, -0.1) is 11.3 Å². The molecule has 20 heavy (non-hydrogen) atoms. The summed E-state index contributed by atoms with van der Waals surface area (Å²) < 4.78 is 0.952. The standard InChI is InChI=1S/C14H18BrNO3S/c1-9(7-13(17)18)10-3-2-6-16(8-10)14(19)11-4-5-12(15)20-11/h4-5,9-10H,2-3,6-8H2,1H3,(H,17,18). The predicted molar refractivity (Wildman–Crippen MR) is 82.1 cm³/mol. The van der Waals surface area contributed by atoms with Gasteiger partial charge in [0.2, 0.25) is 0 Å². The van der Waals surface area contributed by atoms with Crippen molar-refractivity contribution in [3.05, 3.63) is 20.8 Å². The van der Waals surface area contributed by atoms with Crippen molar-refractivity contribution in [2.45, 2.75) is 26.2 Å². The number of rotatable bonds is 4. The molecule has 0 bridgehead atoms. The minimum Gasteiger partial charge on any atom is -0.481 e. The Morgan fingerprint density at radius 2 is 2.30 bits per heavy atom. The van der Waals surface area contributed by atoms with Crippen LogP contribution in [0.1, 0.15) is 35.9 Å². The lowest BCUT2D eigenvalue weighted by Crippen LogP contribution is -2.41. The molecule has 0 saturated carbocycles. The summed E-state index contributed by atoms with van der Waals surface area (Å²) in [4.78, 5) is 25.8. The van der Waals surface area contributed by atoms with E-state index in [1.807, 2.05) is 24.0 Å². The number of hydrogen-bond donors (Lipinski definition) is 1. The first-order valence-electron chi connectivity index (χ1n) is 6.73. The Kier molecular flexibility index (Phi) is 5.21. The van der Waals surface area contributed by atoms with Crippen LogP contribution in [0.2, 0.25) is 0 Å². The van der Waals surface area contributed by atoms with Crippen LogP contribution in [0.15, 0.2) is 15.9 Å². The molecule has 1 fully saturated rings. The summed E-state index contributed by atoms with van der Waals surface area (Å²) in [6.07, 6.45) is 2.14. The predicted octanol–water partition coefficient (Wildman–Crippen LogP) is 3.47. The van der Waals surface area contributed by atoms with Gasteiger partial charge in [-0.1, -0.05) is 6.92 Å². The molecule has 2 unspecified atom stereocenters. The molecule has 2 heterocycles. The molecule has 1 amide bonds. The molecule has 0 aromatic carbocycles. The number of halogens is 1. The van der Waals surface area contributed by atoms with Gasteiger partial charge in [0.05, 0.1) is 8.66 Å². The molecule has 0 spiro atoms. The number of carboxylic acids is 1. The van der Waals surface area contributed by atoms with Crippen molar-refractivity contribution in [2.75, 3.05) is 13.1 Å². The van der Waals surface area contributed by atoms with Crippen molar-refractivity contribution in [3.63, 3.8) is 0 Å². The molecule has 0 aliphatic carbocycles. The molecule has 1 aromatic rings. The molecule has 0 radical (unpaired) electrons. The van der Waals surface area contributed by atoms with Crippen LogP contribution in [-0.2, 0) is 4.79 Å². The highest BCUT2D eigenvalue weighted by Gasteiger charge is 2.29. The number of thiophene rings is 1. The van der Waals surface area contributed by atoms with Crippen LogP contribution in [0.5, 0.6) is 0 Å². The quantitative estimate of drug-likeness (QED) is 0.895. The zero-order valence-corrected chi connectivity index (χ0v) is 13.7. The number of nitrogens with zero attached hydrogens (tertiary/aromatic N) is 1. The Morgan fingerprint density at radius 1 is 1.55 bits per heavy atom. The van der Waals surface area contributed by atoms with E-state index in [1.165, 1.54) is 11.3 Å². The van der Waals surface area contributed by atoms with E-state index < -0.39 is 5.97 Å². The van der Waals surface area contributed by atoms with Crippen LogP contribution in [0.25, 0.3) is 0 Å². The van der Waals surface area contributed by atoms with Crippen LogP contribution in [0.4, 0.5) is 0 Å². The minimum atomic E-state index is -0.761. The summed E-state index contributed by atoms with van der Waals surface area (Å²) in [6, 6.07) is 3.72. The van der Waals surface area contributed by atoms with Crippen molar-refractivity contribution in [3.8, 4) is 0 Å². The molecule has 1 aromatic heterocycles. The highest BCUT2D eigenvalue weighted by atomic mass is 79.9. The van der Waals surface area contributed by atoms with E-state index in [-0.39, 0.29) is 24.2 Å². The Labute approximate surface area is 130 Å². The average Bonchev–Trinajstić information content (AvgIpc) is 2.84. The fourth-order valence-electron chi connectivity index (χ4n) is 2.69. The largest absolute Gasteiger partial charge is 0.481 e. The maximum Gasteiger partial charge on any atom is 0.303 e. The second kappa shape index (κ2) is 6.72. The summed E-state index contributed by atoms with van der Waals surface area (Å²) in [5.74, 6) is -0.304. The number of likely N-dealkylation sites (tertiary alicyclic amines) is 1. The monoisotopic (exact) mass is 359 g/mol. The maximum atomic E-state index is 12.4. The highest BCUT2D eigenvalue weighted by Crippen LogP contribution is 2.29. The summed E-state index contributed by atoms with van der Waals surface area (Å²) in [6.45, 7) is 3.40. The fraction of sp³-hybridized carbons (Fsp3) is 0.571. The fourth-order valence-corrected chi connectivity index (χ4v) is 4.04. The van der Waals surface area contributed by atoms with Crippen molar-refractivity contribution in [2.24, 2.45) is 11.8 Å². The molecule has 1 aliphatic heterocycles. The Hall–Kier alpha value is -0.880. The first-order chi connectivity index (χ1) is 9.47. The summed E-state index contributed by atoms with van der Waals surface area (Å²) in [5.41, 5.74) is 0. The first-order valence-corrected chi connectivity index (χ1v) is 8.34. The van der Waals surface area contributed by atoms with Gasteiger partial charge in [0.15, 0.2) is 0 Å². The SMILES string of the molecule is CC(CC(=O)O)C1CCCN(C(=O)c2ccc(Br)s2)C1. The molecule has 2 atom stereocenters. The van der Waals surface area contributed by atoms with Gasteiger partial charge in [0, 0.05) is 19.5 Å². The second-order valence-corrected chi connectivity index (χ2v) is 7.80. The van der Waals surface area contributed by atoms with Crippen molar-refractivity contribution >= 4 is 39.1 Å². The van der Waals surface area contributed by atoms with Crippen molar-refractivity contribution in [1.29, 1.82) is 0 Å². The third-order valence-corrected chi connectivity index (χ3v) is 5.44. The molecule has 6 heteroatoms. The topological polar surface area (TPSA) is 57.6 Å². The minimum absolute atomic E-state index is 0.0629. The normalized spacial score (nSPS) is 20.7. The molecule has 110 valence electrons. The van der Waals surface area contributed by atoms with Crippen molar-refractivity contribution < 1.29 is 14.7 Å². The van der Waals surface area contributed by atoms with Gasteiger partial charge in [0.1, 0.15) is 0 Å². The molecular formula is C14H18BrNO3S. The van der Waals surface area contributed by atoms with E-state index in [0.717, 1.165) is 28.0 Å². The lowest BCUT2D eigenvalue weighted by atomic mass is 9.84. The summed E-state index contributed by atoms with van der Waals surface area (Å²) in [7, 11) is 0. The van der Waals surface area contributed by atoms with Gasteiger partial charge in [-0.3, -0.25) is 9.59 Å². The second-order valence-electron chi connectivity index (χ2n) is 5.33. The van der Waals surface area contributed by atoms with Crippen LogP contribution in [0, 0.1) is 11.8 Å². The maximum absolute atomic E-state index is 12.4. The number of hydrogen-bond acceptors (Lipinski definition) is 3. The molecular weight excluding hydrogens is 342 g/mol. The van der Waals surface area contributed by atoms with Gasteiger partial charge in [0.25, 0.3) is 5.91 Å². The molecule has 1 N–H and O–H groups in total. The van der Waals surface area contributed by atoms with Gasteiger partial charge >= 0.3 is 5.97 Å². The van der Waals surface area contributed by atoms with Gasteiger partial charge in [-0.05, 0) is 52.7 Å². The number of carbonyl (C=O) groups is 2. The third-order valence-electron chi connectivity index (χ3n) is 3.83. The Balaban J connectivity index is 1.99. The van der Waals surface area contributed by atoms with E-state index in [4.69, 9.17) is 5.11 Å². The van der Waals surface area contributed by atoms with E-state index in [2.05, 4.69) is 15.9 Å². The smallest absolute Gasteiger partial charge is 0.303 e. The van der Waals surface area contributed by atoms with Crippen LogP contribution in [0.3, 0.4) is 0 Å². The molecule has 2 rings (SSSR count). The number of piperidine rings is 1. The average molecular weight is 360 g/mol. The van der Waals surface area contributed by atoms with E-state index >= 15 is 0 Å². The highest BCUT2D eigenvalue weighted by molar-refractivity contribution is 9.11. The summed E-state index contributed by atoms with van der Waals surface area (Å²) in [5, 5.41) is 8.89. The van der Waals surface area contributed by atoms with E-state index in [1.54, 1.807) is 0 Å². The number of amides is 1. The first kappa shape index (κ1) is 15.5. The number of carbonyl (C=O) groups excluding carboxylic acids is 1. The Morgan fingerprint density at radius 3 is 2.90 bits per heavy atom. The molecule has 1 saturated heterocycles. The number of aliphatic carboxylic acids is 1. The lowest BCUT2D eigenvalue weighted by molar-refractivity contribution is -0.138.